The van der Waals surface area contributed by atoms with Crippen LogP contribution in [0.25, 0.3) is 11.3 Å². The summed E-state index contributed by atoms with van der Waals surface area (Å²) in [6.07, 6.45) is 6.35. The molecule has 7 nitrogen and oxygen atoms in total. The summed E-state index contributed by atoms with van der Waals surface area (Å²) in [5.74, 6) is 1.97. The highest BCUT2D eigenvalue weighted by Gasteiger charge is 2.22. The van der Waals surface area contributed by atoms with Crippen LogP contribution in [-0.2, 0) is 24.4 Å². The Morgan fingerprint density at radius 3 is 2.87 bits per heavy atom. The number of aromatic nitrogens is 3. The van der Waals surface area contributed by atoms with Crippen LogP contribution in [-0.4, -0.2) is 44.5 Å². The lowest BCUT2D eigenvalue weighted by atomic mass is 10.0. The number of nitrogens with zero attached hydrogens (tertiary/aromatic N) is 4. The van der Waals surface area contributed by atoms with Gasteiger partial charge >= 0.3 is 0 Å². The van der Waals surface area contributed by atoms with Gasteiger partial charge in [0.25, 0.3) is 0 Å². The zero-order chi connectivity index (χ0) is 21.1. The molecule has 0 unspecified atom stereocenters. The Morgan fingerprint density at radius 2 is 2.10 bits per heavy atom. The van der Waals surface area contributed by atoms with Gasteiger partial charge in [-0.1, -0.05) is 5.16 Å². The van der Waals surface area contributed by atoms with Crippen LogP contribution in [0.2, 0.25) is 0 Å². The van der Waals surface area contributed by atoms with Crippen molar-refractivity contribution in [1.82, 2.24) is 20.0 Å². The summed E-state index contributed by atoms with van der Waals surface area (Å²) in [7, 11) is 0. The second-order valence-electron chi connectivity index (χ2n) is 7.33. The van der Waals surface area contributed by atoms with Gasteiger partial charge in [-0.2, -0.15) is 11.8 Å². The van der Waals surface area contributed by atoms with Crippen molar-refractivity contribution in [3.05, 3.63) is 58.7 Å². The fourth-order valence-electron chi connectivity index (χ4n) is 3.47. The Balaban J connectivity index is 1.46. The molecule has 0 radical (unpaired) electrons. The standard InChI is InChI=1S/C22H24N4O3S/c1-14-4-5-17(9-23-14)22-19(15(2)29-25-22)12-28-20-8-16-6-7-26(21(27)13-30-3)11-18(16)10-24-20/h4-5,8-10H,6-7,11-13H2,1-3H3. The molecular weight excluding hydrogens is 400 g/mol. The number of thioether (sulfide) groups is 1. The van der Waals surface area contributed by atoms with E-state index in [1.165, 1.54) is 5.56 Å². The van der Waals surface area contributed by atoms with Crippen molar-refractivity contribution in [2.24, 2.45) is 0 Å². The molecule has 156 valence electrons. The smallest absolute Gasteiger partial charge is 0.232 e. The van der Waals surface area contributed by atoms with Crippen LogP contribution in [0.5, 0.6) is 5.88 Å². The minimum Gasteiger partial charge on any atom is -0.473 e. The number of carbonyl (C=O) groups is 1. The van der Waals surface area contributed by atoms with E-state index in [1.54, 1.807) is 18.0 Å². The third kappa shape index (κ3) is 4.33. The summed E-state index contributed by atoms with van der Waals surface area (Å²) >= 11 is 1.55. The molecule has 8 heteroatoms. The average molecular weight is 425 g/mol. The lowest BCUT2D eigenvalue weighted by molar-refractivity contribution is -0.129. The van der Waals surface area contributed by atoms with Crippen molar-refractivity contribution in [1.29, 1.82) is 0 Å². The normalized spacial score (nSPS) is 13.2. The van der Waals surface area contributed by atoms with Crippen LogP contribution in [0.3, 0.4) is 0 Å². The summed E-state index contributed by atoms with van der Waals surface area (Å²) in [6.45, 7) is 5.46. The van der Waals surface area contributed by atoms with E-state index < -0.39 is 0 Å². The highest BCUT2D eigenvalue weighted by molar-refractivity contribution is 7.99. The molecule has 0 spiro atoms. The van der Waals surface area contributed by atoms with Crippen molar-refractivity contribution >= 4 is 17.7 Å². The van der Waals surface area contributed by atoms with E-state index in [2.05, 4.69) is 15.1 Å². The molecule has 1 amide bonds. The van der Waals surface area contributed by atoms with Gasteiger partial charge in [0.05, 0.1) is 11.3 Å². The van der Waals surface area contributed by atoms with E-state index in [0.29, 0.717) is 30.5 Å². The van der Waals surface area contributed by atoms with Gasteiger partial charge in [0.15, 0.2) is 0 Å². The molecule has 4 rings (SSSR count). The van der Waals surface area contributed by atoms with E-state index in [1.807, 2.05) is 49.4 Å². The Kier molecular flexibility index (Phi) is 6.03. The molecule has 0 N–H and O–H groups in total. The van der Waals surface area contributed by atoms with Crippen molar-refractivity contribution in [3.63, 3.8) is 0 Å². The van der Waals surface area contributed by atoms with Crippen LogP contribution >= 0.6 is 11.8 Å². The van der Waals surface area contributed by atoms with Crippen LogP contribution in [0.1, 0.15) is 28.1 Å². The summed E-state index contributed by atoms with van der Waals surface area (Å²) in [5, 5.41) is 4.18. The SMILES string of the molecule is CSCC(=O)N1CCc2cc(OCc3c(-c4ccc(C)nc4)noc3C)ncc2C1. The number of hydrogen-bond donors (Lipinski definition) is 0. The van der Waals surface area contributed by atoms with Crippen molar-refractivity contribution in [2.75, 3.05) is 18.6 Å². The van der Waals surface area contributed by atoms with Gasteiger partial charge in [-0.15, -0.1) is 0 Å². The lowest BCUT2D eigenvalue weighted by Crippen LogP contribution is -2.37. The Labute approximate surface area is 179 Å². The third-order valence-corrected chi connectivity index (χ3v) is 5.76. The highest BCUT2D eigenvalue weighted by Crippen LogP contribution is 2.27. The first-order valence-electron chi connectivity index (χ1n) is 9.80. The topological polar surface area (TPSA) is 81.4 Å². The Bertz CT molecular complexity index is 1050. The lowest BCUT2D eigenvalue weighted by Gasteiger charge is -2.28. The number of pyridine rings is 2. The minimum atomic E-state index is 0.175. The average Bonchev–Trinajstić information content (AvgIpc) is 3.12. The number of ether oxygens (including phenoxy) is 1. The van der Waals surface area contributed by atoms with Crippen LogP contribution < -0.4 is 4.74 Å². The van der Waals surface area contributed by atoms with Crippen LogP contribution in [0, 0.1) is 13.8 Å². The first-order valence-corrected chi connectivity index (χ1v) is 11.2. The summed E-state index contributed by atoms with van der Waals surface area (Å²) < 4.78 is 11.4. The summed E-state index contributed by atoms with van der Waals surface area (Å²) in [4.78, 5) is 22.8. The van der Waals surface area contributed by atoms with E-state index in [9.17, 15) is 4.79 Å². The number of amides is 1. The quantitative estimate of drug-likeness (QED) is 0.598. The molecule has 3 aromatic rings. The fourth-order valence-corrected chi connectivity index (χ4v) is 3.90. The van der Waals surface area contributed by atoms with E-state index >= 15 is 0 Å². The molecule has 4 heterocycles. The van der Waals surface area contributed by atoms with Crippen LogP contribution in [0.15, 0.2) is 35.1 Å². The van der Waals surface area contributed by atoms with Gasteiger partial charge in [0, 0.05) is 42.8 Å². The first-order chi connectivity index (χ1) is 14.5. The van der Waals surface area contributed by atoms with Gasteiger partial charge in [-0.05, 0) is 49.8 Å². The molecular formula is C22H24N4O3S. The van der Waals surface area contributed by atoms with Gasteiger partial charge in [-0.3, -0.25) is 9.78 Å². The molecule has 1 aliphatic rings. The first kappa shape index (κ1) is 20.4. The fraction of sp³-hybridized carbons (Fsp3) is 0.364. The summed E-state index contributed by atoms with van der Waals surface area (Å²) in [5.41, 5.74) is 5.72. The molecule has 3 aromatic heterocycles. The number of fused-ring (bicyclic) bond motifs is 1. The maximum atomic E-state index is 12.1. The predicted octanol–water partition coefficient (Wildman–Crippen LogP) is 3.58. The monoisotopic (exact) mass is 424 g/mol. The van der Waals surface area contributed by atoms with Gasteiger partial charge in [0.1, 0.15) is 18.1 Å². The molecule has 0 bridgehead atoms. The molecule has 1 aliphatic heterocycles. The highest BCUT2D eigenvalue weighted by atomic mass is 32.2. The second-order valence-corrected chi connectivity index (χ2v) is 8.20. The molecule has 0 saturated heterocycles. The second kappa shape index (κ2) is 8.87. The van der Waals surface area contributed by atoms with Crippen molar-refractivity contribution in [3.8, 4) is 17.1 Å². The van der Waals surface area contributed by atoms with Crippen molar-refractivity contribution in [2.45, 2.75) is 33.4 Å². The number of rotatable bonds is 6. The number of aryl methyl sites for hydroxylation is 2. The van der Waals surface area contributed by atoms with E-state index in [4.69, 9.17) is 9.26 Å². The predicted molar refractivity (Wildman–Crippen MR) is 115 cm³/mol. The van der Waals surface area contributed by atoms with E-state index in [-0.39, 0.29) is 5.91 Å². The Morgan fingerprint density at radius 1 is 1.23 bits per heavy atom. The molecule has 0 fully saturated rings. The molecule has 0 saturated carbocycles. The third-order valence-electron chi connectivity index (χ3n) is 5.22. The molecule has 30 heavy (non-hydrogen) atoms. The maximum Gasteiger partial charge on any atom is 0.232 e. The zero-order valence-corrected chi connectivity index (χ0v) is 18.2. The molecule has 0 aliphatic carbocycles. The largest absolute Gasteiger partial charge is 0.473 e. The molecule has 0 aromatic carbocycles. The maximum absolute atomic E-state index is 12.1. The Hall–Kier alpha value is -2.87. The van der Waals surface area contributed by atoms with Crippen molar-refractivity contribution < 1.29 is 14.1 Å². The van der Waals surface area contributed by atoms with Gasteiger partial charge < -0.3 is 14.2 Å². The number of hydrogen-bond acceptors (Lipinski definition) is 7. The molecule has 0 atom stereocenters. The minimum absolute atomic E-state index is 0.175. The number of carbonyl (C=O) groups excluding carboxylic acids is 1. The summed E-state index contributed by atoms with van der Waals surface area (Å²) in [6, 6.07) is 5.90. The van der Waals surface area contributed by atoms with Crippen LogP contribution in [0.4, 0.5) is 0 Å². The van der Waals surface area contributed by atoms with Gasteiger partial charge in [0.2, 0.25) is 11.8 Å². The zero-order valence-electron chi connectivity index (χ0n) is 17.3. The van der Waals surface area contributed by atoms with Gasteiger partial charge in [-0.25, -0.2) is 4.98 Å². The van der Waals surface area contributed by atoms with E-state index in [0.717, 1.165) is 41.0 Å².